The van der Waals surface area contributed by atoms with Gasteiger partial charge in [-0.05, 0) is 7.05 Å². The molecular formula is C10H16N4OS. The molecule has 1 saturated heterocycles. The summed E-state index contributed by atoms with van der Waals surface area (Å²) in [5.41, 5.74) is 7.93. The monoisotopic (exact) mass is 240 g/mol. The van der Waals surface area contributed by atoms with Crippen molar-refractivity contribution >= 4 is 17.2 Å². The first-order chi connectivity index (χ1) is 7.72. The minimum atomic E-state index is 0.00444. The number of aromatic nitrogens is 1. The van der Waals surface area contributed by atoms with Gasteiger partial charge in [0, 0.05) is 31.6 Å². The first kappa shape index (κ1) is 11.5. The van der Waals surface area contributed by atoms with Crippen LogP contribution in [0.4, 0.5) is 0 Å². The van der Waals surface area contributed by atoms with Gasteiger partial charge >= 0.3 is 0 Å². The summed E-state index contributed by atoms with van der Waals surface area (Å²) in [6.45, 7) is 2.97. The standard InChI is InChI=1S/C10H16N4OS/c1-13-2-3-14(8(4-11)5-13)10(15)9-6-16-7-12-9/h6-8H,2-5,11H2,1H3. The Bertz CT molecular complexity index is 354. The highest BCUT2D eigenvalue weighted by molar-refractivity contribution is 7.07. The highest BCUT2D eigenvalue weighted by Gasteiger charge is 2.29. The van der Waals surface area contributed by atoms with E-state index in [4.69, 9.17) is 5.73 Å². The molecule has 5 nitrogen and oxygen atoms in total. The molecule has 0 bridgehead atoms. The van der Waals surface area contributed by atoms with E-state index in [1.165, 1.54) is 11.3 Å². The molecule has 1 aromatic rings. The molecular weight excluding hydrogens is 224 g/mol. The number of nitrogens with zero attached hydrogens (tertiary/aromatic N) is 3. The lowest BCUT2D eigenvalue weighted by atomic mass is 10.1. The van der Waals surface area contributed by atoms with Crippen LogP contribution in [0.5, 0.6) is 0 Å². The van der Waals surface area contributed by atoms with Crippen LogP contribution in [0.1, 0.15) is 10.5 Å². The third-order valence-electron chi connectivity index (χ3n) is 2.87. The van der Waals surface area contributed by atoms with E-state index in [-0.39, 0.29) is 11.9 Å². The second-order valence-corrected chi connectivity index (χ2v) is 4.74. The second kappa shape index (κ2) is 4.90. The summed E-state index contributed by atoms with van der Waals surface area (Å²) in [7, 11) is 2.05. The van der Waals surface area contributed by atoms with Gasteiger partial charge < -0.3 is 15.5 Å². The summed E-state index contributed by atoms with van der Waals surface area (Å²) in [6, 6.07) is 0.105. The summed E-state index contributed by atoms with van der Waals surface area (Å²) in [6.07, 6.45) is 0. The Kier molecular flexibility index (Phi) is 3.52. The fourth-order valence-corrected chi connectivity index (χ4v) is 2.47. The molecule has 2 heterocycles. The highest BCUT2D eigenvalue weighted by Crippen LogP contribution is 2.12. The lowest BCUT2D eigenvalue weighted by Gasteiger charge is -2.39. The molecule has 2 N–H and O–H groups in total. The van der Waals surface area contributed by atoms with Crippen LogP contribution in [0.2, 0.25) is 0 Å². The largest absolute Gasteiger partial charge is 0.330 e. The number of piperazine rings is 1. The van der Waals surface area contributed by atoms with E-state index in [1.807, 2.05) is 11.9 Å². The van der Waals surface area contributed by atoms with Crippen molar-refractivity contribution in [1.82, 2.24) is 14.8 Å². The minimum absolute atomic E-state index is 0.00444. The number of carbonyl (C=O) groups excluding carboxylic acids is 1. The van der Waals surface area contributed by atoms with Crippen LogP contribution in [-0.2, 0) is 0 Å². The van der Waals surface area contributed by atoms with Crippen LogP contribution in [0.3, 0.4) is 0 Å². The molecule has 1 aliphatic heterocycles. The fraction of sp³-hybridized carbons (Fsp3) is 0.600. The van der Waals surface area contributed by atoms with Gasteiger partial charge in [0.2, 0.25) is 0 Å². The summed E-state index contributed by atoms with van der Waals surface area (Å²) in [5, 5.41) is 1.79. The number of hydrogen-bond donors (Lipinski definition) is 1. The molecule has 0 saturated carbocycles. The smallest absolute Gasteiger partial charge is 0.273 e. The van der Waals surface area contributed by atoms with Gasteiger partial charge in [0.25, 0.3) is 5.91 Å². The summed E-state index contributed by atoms with van der Waals surface area (Å²) in [4.78, 5) is 20.2. The zero-order valence-corrected chi connectivity index (χ0v) is 10.1. The molecule has 1 atom stereocenters. The maximum Gasteiger partial charge on any atom is 0.273 e. The van der Waals surface area contributed by atoms with Crippen molar-refractivity contribution in [1.29, 1.82) is 0 Å². The number of carbonyl (C=O) groups is 1. The lowest BCUT2D eigenvalue weighted by Crippen LogP contribution is -2.56. The van der Waals surface area contributed by atoms with Gasteiger partial charge in [-0.3, -0.25) is 4.79 Å². The number of likely N-dealkylation sites (N-methyl/N-ethyl adjacent to an activating group) is 1. The van der Waals surface area contributed by atoms with Gasteiger partial charge in [-0.25, -0.2) is 4.98 Å². The van der Waals surface area contributed by atoms with Crippen LogP contribution in [-0.4, -0.2) is 60.0 Å². The van der Waals surface area contributed by atoms with Crippen LogP contribution in [0.15, 0.2) is 10.9 Å². The van der Waals surface area contributed by atoms with Crippen LogP contribution >= 0.6 is 11.3 Å². The number of amides is 1. The zero-order valence-electron chi connectivity index (χ0n) is 9.30. The zero-order chi connectivity index (χ0) is 11.5. The topological polar surface area (TPSA) is 62.5 Å². The second-order valence-electron chi connectivity index (χ2n) is 4.02. The molecule has 0 aliphatic carbocycles. The van der Waals surface area contributed by atoms with Crippen molar-refractivity contribution in [3.63, 3.8) is 0 Å². The quantitative estimate of drug-likeness (QED) is 0.781. The molecule has 1 fully saturated rings. The van der Waals surface area contributed by atoms with Crippen LogP contribution in [0, 0.1) is 0 Å². The molecule has 0 aromatic carbocycles. The maximum atomic E-state index is 12.1. The van der Waals surface area contributed by atoms with Crippen molar-refractivity contribution in [2.75, 3.05) is 33.2 Å². The van der Waals surface area contributed by atoms with Gasteiger partial charge in [0.05, 0.1) is 11.6 Å². The Hall–Kier alpha value is -0.980. The molecule has 88 valence electrons. The van der Waals surface area contributed by atoms with Crippen molar-refractivity contribution in [2.45, 2.75) is 6.04 Å². The number of nitrogens with two attached hydrogens (primary N) is 1. The molecule has 16 heavy (non-hydrogen) atoms. The number of rotatable bonds is 2. The molecule has 1 unspecified atom stereocenters. The average Bonchev–Trinajstić information content (AvgIpc) is 2.81. The van der Waals surface area contributed by atoms with Crippen LogP contribution in [0.25, 0.3) is 0 Å². The summed E-state index contributed by atoms with van der Waals surface area (Å²) in [5.74, 6) is 0.00444. The van der Waals surface area contributed by atoms with E-state index in [0.29, 0.717) is 12.2 Å². The maximum absolute atomic E-state index is 12.1. The van der Waals surface area contributed by atoms with E-state index in [1.54, 1.807) is 10.9 Å². The van der Waals surface area contributed by atoms with Gasteiger partial charge in [-0.15, -0.1) is 11.3 Å². The summed E-state index contributed by atoms with van der Waals surface area (Å²) < 4.78 is 0. The lowest BCUT2D eigenvalue weighted by molar-refractivity contribution is 0.0511. The Morgan fingerprint density at radius 1 is 1.69 bits per heavy atom. The third kappa shape index (κ3) is 2.23. The Balaban J connectivity index is 2.10. The Morgan fingerprint density at radius 3 is 3.12 bits per heavy atom. The highest BCUT2D eigenvalue weighted by atomic mass is 32.1. The Labute approximate surface area is 98.9 Å². The Morgan fingerprint density at radius 2 is 2.50 bits per heavy atom. The molecule has 1 amide bonds. The average molecular weight is 240 g/mol. The SMILES string of the molecule is CN1CCN(C(=O)c2cscn2)C(CN)C1. The number of thiazole rings is 1. The first-order valence-corrected chi connectivity index (χ1v) is 6.24. The van der Waals surface area contributed by atoms with Gasteiger partial charge in [0.15, 0.2) is 0 Å². The van der Waals surface area contributed by atoms with Gasteiger partial charge in [-0.2, -0.15) is 0 Å². The van der Waals surface area contributed by atoms with Crippen LogP contribution < -0.4 is 5.73 Å². The van der Waals surface area contributed by atoms with Gasteiger partial charge in [0.1, 0.15) is 5.69 Å². The van der Waals surface area contributed by atoms with Crippen molar-refractivity contribution in [3.05, 3.63) is 16.6 Å². The molecule has 0 radical (unpaired) electrons. The number of hydrogen-bond acceptors (Lipinski definition) is 5. The van der Waals surface area contributed by atoms with Gasteiger partial charge in [-0.1, -0.05) is 0 Å². The van der Waals surface area contributed by atoms with Crippen molar-refractivity contribution in [3.8, 4) is 0 Å². The van der Waals surface area contributed by atoms with E-state index < -0.39 is 0 Å². The molecule has 1 aromatic heterocycles. The predicted molar refractivity (Wildman–Crippen MR) is 63.5 cm³/mol. The fourth-order valence-electron chi connectivity index (χ4n) is 1.95. The van der Waals surface area contributed by atoms with E-state index in [0.717, 1.165) is 19.6 Å². The first-order valence-electron chi connectivity index (χ1n) is 5.30. The van der Waals surface area contributed by atoms with Crippen molar-refractivity contribution in [2.24, 2.45) is 5.73 Å². The minimum Gasteiger partial charge on any atom is -0.330 e. The van der Waals surface area contributed by atoms with Crippen molar-refractivity contribution < 1.29 is 4.79 Å². The molecule has 6 heteroatoms. The molecule has 0 spiro atoms. The molecule has 1 aliphatic rings. The predicted octanol–water partition coefficient (Wildman–Crippen LogP) is -0.142. The molecule has 2 rings (SSSR count). The third-order valence-corrected chi connectivity index (χ3v) is 3.46. The van der Waals surface area contributed by atoms with E-state index in [2.05, 4.69) is 9.88 Å². The summed E-state index contributed by atoms with van der Waals surface area (Å²) >= 11 is 1.44. The normalized spacial score (nSPS) is 22.4. The van der Waals surface area contributed by atoms with E-state index in [9.17, 15) is 4.79 Å². The van der Waals surface area contributed by atoms with E-state index >= 15 is 0 Å².